The second-order valence-electron chi connectivity index (χ2n) is 18.8. The van der Waals surface area contributed by atoms with E-state index >= 15 is 0 Å². The molecule has 1 unspecified atom stereocenters. The summed E-state index contributed by atoms with van der Waals surface area (Å²) < 4.78 is 16.7. The number of allylic oxidation sites excluding steroid dienone is 18. The lowest BCUT2D eigenvalue weighted by Gasteiger charge is -2.18. The monoisotopic (exact) mass is 971 g/mol. The molecular formula is C64H106O6. The molecule has 6 heteroatoms. The van der Waals surface area contributed by atoms with Crippen LogP contribution in [0.3, 0.4) is 0 Å². The molecule has 0 N–H and O–H groups in total. The molecule has 0 aliphatic heterocycles. The van der Waals surface area contributed by atoms with E-state index in [0.717, 1.165) is 135 Å². The molecule has 0 aromatic rings. The van der Waals surface area contributed by atoms with Gasteiger partial charge in [-0.1, -0.05) is 259 Å². The molecule has 0 spiro atoms. The van der Waals surface area contributed by atoms with Gasteiger partial charge in [-0.05, 0) is 89.9 Å². The molecule has 0 amide bonds. The lowest BCUT2D eigenvalue weighted by atomic mass is 10.0. The van der Waals surface area contributed by atoms with Gasteiger partial charge in [0.2, 0.25) is 0 Å². The van der Waals surface area contributed by atoms with Crippen molar-refractivity contribution in [1.82, 2.24) is 0 Å². The van der Waals surface area contributed by atoms with Gasteiger partial charge in [0.05, 0.1) is 0 Å². The molecule has 0 rings (SSSR count). The van der Waals surface area contributed by atoms with Crippen LogP contribution in [0.15, 0.2) is 109 Å². The van der Waals surface area contributed by atoms with Crippen LogP contribution in [-0.2, 0) is 28.6 Å². The first-order valence-corrected chi connectivity index (χ1v) is 28.9. The maximum absolute atomic E-state index is 12.7. The normalized spacial score (nSPS) is 12.9. The van der Waals surface area contributed by atoms with E-state index in [1.807, 2.05) is 0 Å². The molecule has 70 heavy (non-hydrogen) atoms. The Morgan fingerprint density at radius 3 is 0.871 bits per heavy atom. The number of carbonyl (C=O) groups is 3. The molecular weight excluding hydrogens is 865 g/mol. The van der Waals surface area contributed by atoms with Crippen molar-refractivity contribution in [2.75, 3.05) is 13.2 Å². The highest BCUT2D eigenvalue weighted by molar-refractivity contribution is 5.71. The lowest BCUT2D eigenvalue weighted by Crippen LogP contribution is -2.30. The van der Waals surface area contributed by atoms with Crippen molar-refractivity contribution in [2.24, 2.45) is 0 Å². The summed E-state index contributed by atoms with van der Waals surface area (Å²) >= 11 is 0. The van der Waals surface area contributed by atoms with Gasteiger partial charge in [0.15, 0.2) is 6.10 Å². The van der Waals surface area contributed by atoms with Crippen LogP contribution in [0.1, 0.15) is 258 Å². The third-order valence-corrected chi connectivity index (χ3v) is 12.0. The highest BCUT2D eigenvalue weighted by atomic mass is 16.6. The van der Waals surface area contributed by atoms with Gasteiger partial charge in [0.1, 0.15) is 13.2 Å². The smallest absolute Gasteiger partial charge is 0.306 e. The fraction of sp³-hybridized carbons (Fsp3) is 0.672. The summed E-state index contributed by atoms with van der Waals surface area (Å²) in [5, 5.41) is 0. The molecule has 0 saturated carbocycles. The van der Waals surface area contributed by atoms with Gasteiger partial charge in [-0.3, -0.25) is 14.4 Å². The molecule has 0 aromatic carbocycles. The first kappa shape index (κ1) is 66.1. The summed E-state index contributed by atoms with van der Waals surface area (Å²) in [6.07, 6.45) is 78.3. The van der Waals surface area contributed by atoms with E-state index in [2.05, 4.69) is 130 Å². The molecule has 6 nitrogen and oxygen atoms in total. The van der Waals surface area contributed by atoms with Gasteiger partial charge in [-0.15, -0.1) is 0 Å². The Kier molecular flexibility index (Phi) is 54.4. The van der Waals surface area contributed by atoms with Gasteiger partial charge >= 0.3 is 17.9 Å². The van der Waals surface area contributed by atoms with Crippen molar-refractivity contribution in [3.8, 4) is 0 Å². The van der Waals surface area contributed by atoms with E-state index in [1.165, 1.54) is 83.5 Å². The van der Waals surface area contributed by atoms with Crippen LogP contribution < -0.4 is 0 Å². The Balaban J connectivity index is 4.14. The summed E-state index contributed by atoms with van der Waals surface area (Å²) in [6.45, 7) is 6.44. The fourth-order valence-electron chi connectivity index (χ4n) is 7.73. The van der Waals surface area contributed by atoms with E-state index in [0.29, 0.717) is 19.3 Å². The second kappa shape index (κ2) is 57.6. The Hall–Kier alpha value is -3.93. The maximum atomic E-state index is 12.7. The van der Waals surface area contributed by atoms with Gasteiger partial charge < -0.3 is 14.2 Å². The zero-order chi connectivity index (χ0) is 50.7. The van der Waals surface area contributed by atoms with Crippen LogP contribution in [0.5, 0.6) is 0 Å². The molecule has 398 valence electrons. The summed E-state index contributed by atoms with van der Waals surface area (Å²) in [7, 11) is 0. The zero-order valence-corrected chi connectivity index (χ0v) is 45.5. The Labute approximate surface area is 431 Å². The minimum atomic E-state index is -0.781. The van der Waals surface area contributed by atoms with Gasteiger partial charge in [0, 0.05) is 19.3 Å². The van der Waals surface area contributed by atoms with E-state index in [1.54, 1.807) is 0 Å². The predicted molar refractivity (Wildman–Crippen MR) is 302 cm³/mol. The van der Waals surface area contributed by atoms with Crippen LogP contribution in [0.25, 0.3) is 0 Å². The largest absolute Gasteiger partial charge is 0.462 e. The topological polar surface area (TPSA) is 78.9 Å². The van der Waals surface area contributed by atoms with Crippen LogP contribution in [0, 0.1) is 0 Å². The molecule has 0 heterocycles. The minimum Gasteiger partial charge on any atom is -0.462 e. The van der Waals surface area contributed by atoms with Gasteiger partial charge in [-0.2, -0.15) is 0 Å². The Morgan fingerprint density at radius 2 is 0.557 bits per heavy atom. The number of rotatable bonds is 51. The lowest BCUT2D eigenvalue weighted by molar-refractivity contribution is -0.167. The first-order valence-electron chi connectivity index (χ1n) is 28.9. The third kappa shape index (κ3) is 55.0. The quantitative estimate of drug-likeness (QED) is 0.0262. The molecule has 1 atom stereocenters. The van der Waals surface area contributed by atoms with E-state index < -0.39 is 6.10 Å². The maximum Gasteiger partial charge on any atom is 0.306 e. The van der Waals surface area contributed by atoms with Crippen molar-refractivity contribution in [2.45, 2.75) is 264 Å². The Morgan fingerprint density at radius 1 is 0.300 bits per heavy atom. The number of unbranched alkanes of at least 4 members (excludes halogenated alkanes) is 22. The second-order valence-corrected chi connectivity index (χ2v) is 18.8. The van der Waals surface area contributed by atoms with E-state index in [-0.39, 0.29) is 31.1 Å². The SMILES string of the molecule is CC/C=C\C/C=C\C/C=C\C/C=C\C/C=C\C/C=C\C/C=C\C/C=C\C/C=C\CCCCCCCC(=O)OCC(COC(=O)CCCCCCCC)OC(=O)CCCCCCCCCCCCCCC. The van der Waals surface area contributed by atoms with Crippen LogP contribution in [-0.4, -0.2) is 37.2 Å². The number of hydrogen-bond acceptors (Lipinski definition) is 6. The predicted octanol–water partition coefficient (Wildman–Crippen LogP) is 19.5. The summed E-state index contributed by atoms with van der Waals surface area (Å²) in [4.78, 5) is 37.8. The molecule has 0 aliphatic rings. The molecule has 0 aliphatic carbocycles. The molecule has 0 saturated heterocycles. The number of esters is 3. The molecule has 0 aromatic heterocycles. The number of hydrogen-bond donors (Lipinski definition) is 0. The number of carbonyl (C=O) groups excluding carboxylic acids is 3. The van der Waals surface area contributed by atoms with Gasteiger partial charge in [-0.25, -0.2) is 0 Å². The van der Waals surface area contributed by atoms with Crippen molar-refractivity contribution in [3.63, 3.8) is 0 Å². The summed E-state index contributed by atoms with van der Waals surface area (Å²) in [6, 6.07) is 0. The summed E-state index contributed by atoms with van der Waals surface area (Å²) in [5.74, 6) is -0.912. The van der Waals surface area contributed by atoms with E-state index in [4.69, 9.17) is 14.2 Å². The van der Waals surface area contributed by atoms with E-state index in [9.17, 15) is 14.4 Å². The van der Waals surface area contributed by atoms with Crippen LogP contribution >= 0.6 is 0 Å². The third-order valence-electron chi connectivity index (χ3n) is 12.0. The highest BCUT2D eigenvalue weighted by Crippen LogP contribution is 2.15. The highest BCUT2D eigenvalue weighted by Gasteiger charge is 2.19. The van der Waals surface area contributed by atoms with Crippen molar-refractivity contribution >= 4 is 17.9 Å². The molecule has 0 bridgehead atoms. The zero-order valence-electron chi connectivity index (χ0n) is 45.5. The summed E-state index contributed by atoms with van der Waals surface area (Å²) in [5.41, 5.74) is 0. The standard InChI is InChI=1S/C64H106O6/c1-4-7-10-13-16-18-20-22-23-24-25-26-27-28-29-30-31-32-33-34-35-36-37-38-39-40-41-43-44-46-48-51-54-57-63(66)69-60-61(59-68-62(65)56-53-50-15-12-9-6-3)70-64(67)58-55-52-49-47-45-42-21-19-17-14-11-8-5-2/h7,10,16,18,22-23,25-26,28-29,31-32,34-35,37-38,40-41,61H,4-6,8-9,11-15,17,19-21,24,27,30,33,36,39,42-60H2,1-3H3/b10-7-,18-16-,23-22-,26-25-,29-28-,32-31-,35-34-,38-37-,41-40-. The average molecular weight is 972 g/mol. The molecule has 0 fully saturated rings. The van der Waals surface area contributed by atoms with Crippen molar-refractivity contribution in [3.05, 3.63) is 109 Å². The van der Waals surface area contributed by atoms with Crippen molar-refractivity contribution < 1.29 is 28.6 Å². The average Bonchev–Trinajstić information content (AvgIpc) is 3.36. The Bertz CT molecular complexity index is 1440. The minimum absolute atomic E-state index is 0.0827. The van der Waals surface area contributed by atoms with Crippen LogP contribution in [0.4, 0.5) is 0 Å². The van der Waals surface area contributed by atoms with Crippen LogP contribution in [0.2, 0.25) is 0 Å². The number of ether oxygens (including phenoxy) is 3. The fourth-order valence-corrected chi connectivity index (χ4v) is 7.73. The van der Waals surface area contributed by atoms with Crippen molar-refractivity contribution in [1.29, 1.82) is 0 Å². The van der Waals surface area contributed by atoms with Gasteiger partial charge in [0.25, 0.3) is 0 Å². The first-order chi connectivity index (χ1) is 34.5. The molecule has 0 radical (unpaired) electrons.